The first-order chi connectivity index (χ1) is 23.6. The third kappa shape index (κ3) is 8.29. The van der Waals surface area contributed by atoms with E-state index in [1.54, 1.807) is 64.6 Å². The Kier molecular flexibility index (Phi) is 11.4. The van der Waals surface area contributed by atoms with Crippen molar-refractivity contribution in [1.82, 2.24) is 25.0 Å². The molecule has 0 saturated carbocycles. The summed E-state index contributed by atoms with van der Waals surface area (Å²) >= 11 is 1.59. The number of phenolic OH excluding ortho intramolecular Hbond substituents is 1. The van der Waals surface area contributed by atoms with Gasteiger partial charge in [0.1, 0.15) is 11.8 Å². The van der Waals surface area contributed by atoms with E-state index in [1.165, 1.54) is 0 Å². The Morgan fingerprint density at radius 2 is 1.80 bits per heavy atom. The van der Waals surface area contributed by atoms with Crippen molar-refractivity contribution in [1.29, 1.82) is 0 Å². The second-order valence-corrected chi connectivity index (χ2v) is 13.4. The average molecular weight is 681 g/mol. The molecule has 49 heavy (non-hydrogen) atoms. The second kappa shape index (κ2) is 15.8. The van der Waals surface area contributed by atoms with Gasteiger partial charge in [-0.15, -0.1) is 6.58 Å². The number of rotatable bonds is 12. The van der Waals surface area contributed by atoms with Gasteiger partial charge in [-0.25, -0.2) is 9.78 Å². The van der Waals surface area contributed by atoms with Crippen molar-refractivity contribution >= 4 is 44.5 Å². The van der Waals surface area contributed by atoms with E-state index in [1.807, 2.05) is 79.3 Å². The normalized spacial score (nSPS) is 16.5. The second-order valence-electron chi connectivity index (χ2n) is 12.4. The number of phenols is 1. The molecule has 256 valence electrons. The zero-order chi connectivity index (χ0) is 35.1. The molecule has 2 heterocycles. The van der Waals surface area contributed by atoms with E-state index in [0.29, 0.717) is 13.1 Å². The lowest BCUT2D eigenvalue weighted by molar-refractivity contribution is -0.155. The number of nitrogens with one attached hydrogen (secondary N) is 1. The molecule has 2 N–H and O–H groups in total. The quantitative estimate of drug-likeness (QED) is 0.180. The van der Waals surface area contributed by atoms with Gasteiger partial charge in [0.2, 0.25) is 11.8 Å². The highest BCUT2D eigenvalue weighted by Crippen LogP contribution is 2.32. The van der Waals surface area contributed by atoms with Gasteiger partial charge in [0, 0.05) is 59.3 Å². The summed E-state index contributed by atoms with van der Waals surface area (Å²) in [5.41, 5.74) is 4.32. The van der Waals surface area contributed by atoms with E-state index >= 15 is 0 Å². The van der Waals surface area contributed by atoms with E-state index < -0.39 is 12.1 Å². The topological polar surface area (TPSA) is 109 Å². The lowest BCUT2D eigenvalue weighted by Crippen LogP contribution is -2.64. The highest BCUT2D eigenvalue weighted by atomic mass is 32.1. The zero-order valence-corrected chi connectivity index (χ0v) is 29.3. The van der Waals surface area contributed by atoms with Crippen molar-refractivity contribution in [2.75, 3.05) is 32.1 Å². The van der Waals surface area contributed by atoms with Gasteiger partial charge in [0.15, 0.2) is 5.13 Å². The molecule has 1 saturated heterocycles. The summed E-state index contributed by atoms with van der Waals surface area (Å²) in [7, 11) is 3.91. The highest BCUT2D eigenvalue weighted by molar-refractivity contribution is 7.22. The predicted molar refractivity (Wildman–Crippen MR) is 195 cm³/mol. The Balaban J connectivity index is 1.51. The molecular formula is C38H44N6O4S. The summed E-state index contributed by atoms with van der Waals surface area (Å²) in [5.74, 6) is -0.196. The minimum Gasteiger partial charge on any atom is -0.508 e. The number of anilines is 1. The van der Waals surface area contributed by atoms with Gasteiger partial charge in [-0.1, -0.05) is 78.9 Å². The molecule has 4 aromatic rings. The maximum Gasteiger partial charge on any atom is 0.321 e. The van der Waals surface area contributed by atoms with Crippen LogP contribution in [0.15, 0.2) is 97.2 Å². The average Bonchev–Trinajstić information content (AvgIpc) is 3.56. The molecule has 1 aromatic heterocycles. The lowest BCUT2D eigenvalue weighted by atomic mass is 9.93. The molecule has 5 rings (SSSR count). The number of para-hydroxylation sites is 1. The molecule has 10 nitrogen and oxygen atoms in total. The number of hydrogen-bond acceptors (Lipinski definition) is 7. The summed E-state index contributed by atoms with van der Waals surface area (Å²) in [4.78, 5) is 53.5. The van der Waals surface area contributed by atoms with Crippen molar-refractivity contribution < 1.29 is 19.5 Å². The molecule has 0 unspecified atom stereocenters. The minimum atomic E-state index is -0.800. The number of hydrogen-bond donors (Lipinski definition) is 2. The lowest BCUT2D eigenvalue weighted by Gasteiger charge is -2.47. The number of benzene rings is 3. The molecule has 0 aliphatic carbocycles. The van der Waals surface area contributed by atoms with Crippen molar-refractivity contribution in [2.45, 2.75) is 51.9 Å². The minimum absolute atomic E-state index is 0.125. The highest BCUT2D eigenvalue weighted by Gasteiger charge is 2.43. The molecule has 0 spiro atoms. The molecule has 4 amide bonds. The van der Waals surface area contributed by atoms with Crippen LogP contribution in [0.5, 0.6) is 5.75 Å². The monoisotopic (exact) mass is 680 g/mol. The fraction of sp³-hybridized carbons (Fsp3) is 0.316. The van der Waals surface area contributed by atoms with Gasteiger partial charge >= 0.3 is 6.03 Å². The number of thiazole rings is 1. The number of nitrogens with zero attached hydrogens (tertiary/aromatic N) is 5. The van der Waals surface area contributed by atoms with Gasteiger partial charge in [-0.2, -0.15) is 0 Å². The fourth-order valence-electron chi connectivity index (χ4n) is 6.07. The van der Waals surface area contributed by atoms with Crippen molar-refractivity contribution in [2.24, 2.45) is 0 Å². The summed E-state index contributed by atoms with van der Waals surface area (Å²) in [6.07, 6.45) is 3.90. The van der Waals surface area contributed by atoms with E-state index in [-0.39, 0.29) is 49.5 Å². The molecule has 2 atom stereocenters. The summed E-state index contributed by atoms with van der Waals surface area (Å²) in [5, 5.41) is 13.8. The number of aromatic hydroxyl groups is 1. The third-order valence-corrected chi connectivity index (χ3v) is 9.80. The van der Waals surface area contributed by atoms with E-state index in [4.69, 9.17) is 4.98 Å². The summed E-state index contributed by atoms with van der Waals surface area (Å²) < 4.78 is 1.03. The van der Waals surface area contributed by atoms with Crippen LogP contribution >= 0.6 is 11.3 Å². The van der Waals surface area contributed by atoms with Crippen LogP contribution in [-0.4, -0.2) is 81.9 Å². The van der Waals surface area contributed by atoms with E-state index in [2.05, 4.69) is 11.9 Å². The van der Waals surface area contributed by atoms with E-state index in [0.717, 1.165) is 37.6 Å². The first-order valence-electron chi connectivity index (χ1n) is 16.4. The first-order valence-corrected chi connectivity index (χ1v) is 17.2. The van der Waals surface area contributed by atoms with Gasteiger partial charge < -0.3 is 25.1 Å². The van der Waals surface area contributed by atoms with E-state index in [9.17, 15) is 19.5 Å². The van der Waals surface area contributed by atoms with Gasteiger partial charge in [-0.3, -0.25) is 14.5 Å². The number of carbonyl (C=O) groups excluding carboxylic acids is 3. The molecule has 11 heteroatoms. The fourth-order valence-corrected chi connectivity index (χ4v) is 7.01. The van der Waals surface area contributed by atoms with Gasteiger partial charge in [0.25, 0.3) is 0 Å². The third-order valence-electron chi connectivity index (χ3n) is 8.61. The number of aromatic nitrogens is 1. The largest absolute Gasteiger partial charge is 0.508 e. The standard InChI is InChI=1S/C38H44N6O4S/c1-6-20-42(37(48)39-22-28-12-9-8-10-13-28)23-26(3)32-25-43(24-29-14-11-15-33-35(29)40-38(49-33)41(4)5)36(47)31(44(32)34(46)7-2)21-27-16-18-30(45)19-17-27/h6,8-19,23,31-32,45H,1,7,20-22,24-25H2,2-5H3,(H,39,48)/b26-23-/t31-,32+/m0/s1. The Hall–Kier alpha value is -5.16. The van der Waals surface area contributed by atoms with Crippen LogP contribution in [0.2, 0.25) is 0 Å². The molecule has 1 fully saturated rings. The maximum atomic E-state index is 14.5. The Morgan fingerprint density at radius 1 is 1.06 bits per heavy atom. The SMILES string of the molecule is C=CCN(/C=C(/C)[C@H]1CN(Cc2cccc3sc(N(C)C)nc23)C(=O)[C@H](Cc2ccc(O)cc2)N1C(=O)CC)C(=O)NCc1ccccc1. The number of carbonyl (C=O) groups is 3. The van der Waals surface area contributed by atoms with Crippen LogP contribution in [0.1, 0.15) is 37.0 Å². The predicted octanol–water partition coefficient (Wildman–Crippen LogP) is 5.93. The van der Waals surface area contributed by atoms with Gasteiger partial charge in [0.05, 0.1) is 16.3 Å². The smallest absolute Gasteiger partial charge is 0.321 e. The van der Waals surface area contributed by atoms with Crippen LogP contribution in [0, 0.1) is 0 Å². The molecule has 0 bridgehead atoms. The van der Waals surface area contributed by atoms with Crippen LogP contribution in [0.3, 0.4) is 0 Å². The van der Waals surface area contributed by atoms with Crippen LogP contribution in [0.4, 0.5) is 9.93 Å². The Bertz CT molecular complexity index is 1820. The summed E-state index contributed by atoms with van der Waals surface area (Å²) in [6, 6.07) is 20.8. The van der Waals surface area contributed by atoms with Gasteiger partial charge in [-0.05, 0) is 47.4 Å². The molecule has 0 radical (unpaired) electrons. The number of piperazine rings is 1. The number of fused-ring (bicyclic) bond motifs is 1. The summed E-state index contributed by atoms with van der Waals surface area (Å²) in [6.45, 7) is 8.72. The zero-order valence-electron chi connectivity index (χ0n) is 28.5. The number of urea groups is 1. The molecule has 3 aromatic carbocycles. The molecular weight excluding hydrogens is 637 g/mol. The molecule has 1 aliphatic rings. The Labute approximate surface area is 292 Å². The van der Waals surface area contributed by atoms with Crippen LogP contribution < -0.4 is 10.2 Å². The van der Waals surface area contributed by atoms with Crippen LogP contribution in [0.25, 0.3) is 10.2 Å². The Morgan fingerprint density at radius 3 is 2.47 bits per heavy atom. The maximum absolute atomic E-state index is 14.5. The first kappa shape index (κ1) is 35.2. The van der Waals surface area contributed by atoms with Crippen LogP contribution in [-0.2, 0) is 29.1 Å². The number of amides is 4. The van der Waals surface area contributed by atoms with Crippen molar-refractivity contribution in [3.63, 3.8) is 0 Å². The van der Waals surface area contributed by atoms with Crippen molar-refractivity contribution in [3.05, 3.63) is 114 Å². The van der Waals surface area contributed by atoms with Crippen molar-refractivity contribution in [3.8, 4) is 5.75 Å². The molecule has 1 aliphatic heterocycles.